The van der Waals surface area contributed by atoms with Crippen molar-refractivity contribution in [3.8, 4) is 29.1 Å². The second-order valence-corrected chi connectivity index (χ2v) is 8.07. The Balaban J connectivity index is 1.82. The van der Waals surface area contributed by atoms with Gasteiger partial charge in [0.1, 0.15) is 29.7 Å². The Morgan fingerprint density at radius 1 is 1.05 bits per heavy atom. The van der Waals surface area contributed by atoms with Crippen molar-refractivity contribution in [2.75, 3.05) is 26.1 Å². The van der Waals surface area contributed by atoms with E-state index in [0.29, 0.717) is 45.8 Å². The van der Waals surface area contributed by atoms with Gasteiger partial charge < -0.3 is 24.3 Å². The van der Waals surface area contributed by atoms with E-state index in [9.17, 15) is 20.2 Å². The minimum Gasteiger partial charge on any atom is -0.495 e. The number of anilines is 1. The highest BCUT2D eigenvalue weighted by Crippen LogP contribution is 2.36. The van der Waals surface area contributed by atoms with Crippen molar-refractivity contribution in [3.63, 3.8) is 0 Å². The molecule has 0 bridgehead atoms. The van der Waals surface area contributed by atoms with Gasteiger partial charge in [-0.1, -0.05) is 29.8 Å². The van der Waals surface area contributed by atoms with Crippen LogP contribution in [0.5, 0.6) is 23.0 Å². The van der Waals surface area contributed by atoms with Crippen LogP contribution in [0.1, 0.15) is 18.1 Å². The Bertz CT molecular complexity index is 1420. The van der Waals surface area contributed by atoms with Crippen molar-refractivity contribution in [2.24, 2.45) is 0 Å². The largest absolute Gasteiger partial charge is 0.495 e. The van der Waals surface area contributed by atoms with Gasteiger partial charge in [-0.15, -0.1) is 0 Å². The number of halogens is 1. The van der Waals surface area contributed by atoms with E-state index in [1.807, 2.05) is 6.07 Å². The molecule has 0 spiro atoms. The number of nitro benzene ring substituents is 1. The third-order valence-corrected chi connectivity index (χ3v) is 5.48. The predicted molar refractivity (Wildman–Crippen MR) is 142 cm³/mol. The lowest BCUT2D eigenvalue weighted by Gasteiger charge is -2.14. The van der Waals surface area contributed by atoms with Crippen LogP contribution >= 0.6 is 11.6 Å². The molecule has 0 heterocycles. The summed E-state index contributed by atoms with van der Waals surface area (Å²) in [6.45, 7) is 2.22. The van der Waals surface area contributed by atoms with Crippen LogP contribution in [-0.2, 0) is 11.4 Å². The van der Waals surface area contributed by atoms with Crippen molar-refractivity contribution in [1.29, 1.82) is 5.26 Å². The molecule has 0 atom stereocenters. The molecule has 0 radical (unpaired) electrons. The average Bonchev–Trinajstić information content (AvgIpc) is 2.92. The van der Waals surface area contributed by atoms with Crippen LogP contribution in [0.25, 0.3) is 6.08 Å². The number of carbonyl (C=O) groups excluding carboxylic acids is 1. The third-order valence-electron chi connectivity index (χ3n) is 5.18. The first-order chi connectivity index (χ1) is 18.3. The zero-order valence-electron chi connectivity index (χ0n) is 20.8. The van der Waals surface area contributed by atoms with Gasteiger partial charge in [-0.2, -0.15) is 5.26 Å². The fraction of sp³-hybridized carbons (Fsp3) is 0.185. The van der Waals surface area contributed by atoms with E-state index in [1.54, 1.807) is 37.3 Å². The maximum atomic E-state index is 12.9. The van der Waals surface area contributed by atoms with E-state index in [-0.39, 0.29) is 23.6 Å². The quantitative estimate of drug-likeness (QED) is 0.141. The van der Waals surface area contributed by atoms with Crippen LogP contribution in [0.3, 0.4) is 0 Å². The summed E-state index contributed by atoms with van der Waals surface area (Å²) in [7, 11) is 2.86. The lowest BCUT2D eigenvalue weighted by Crippen LogP contribution is -2.14. The predicted octanol–water partition coefficient (Wildman–Crippen LogP) is 5.79. The number of hydrogen-bond donors (Lipinski definition) is 1. The molecule has 0 aliphatic carbocycles. The lowest BCUT2D eigenvalue weighted by atomic mass is 10.1. The Hall–Kier alpha value is -4.75. The van der Waals surface area contributed by atoms with Crippen molar-refractivity contribution < 1.29 is 28.7 Å². The number of carbonyl (C=O) groups is 1. The van der Waals surface area contributed by atoms with Gasteiger partial charge in [0.25, 0.3) is 11.6 Å². The van der Waals surface area contributed by atoms with E-state index in [2.05, 4.69) is 5.32 Å². The summed E-state index contributed by atoms with van der Waals surface area (Å²) in [6, 6.07) is 15.9. The molecule has 3 aromatic rings. The summed E-state index contributed by atoms with van der Waals surface area (Å²) < 4.78 is 22.0. The summed E-state index contributed by atoms with van der Waals surface area (Å²) in [5.74, 6) is 0.738. The molecule has 0 aliphatic rings. The van der Waals surface area contributed by atoms with E-state index < -0.39 is 10.8 Å². The number of methoxy groups -OCH3 is 2. The number of rotatable bonds is 11. The molecule has 1 N–H and O–H groups in total. The molecule has 0 fully saturated rings. The third kappa shape index (κ3) is 6.93. The van der Waals surface area contributed by atoms with Crippen LogP contribution in [0.4, 0.5) is 11.4 Å². The number of nitrogens with zero attached hydrogens (tertiary/aromatic N) is 2. The summed E-state index contributed by atoms with van der Waals surface area (Å²) in [5, 5.41) is 23.6. The number of hydrogen-bond acceptors (Lipinski definition) is 8. The number of ether oxygens (including phenoxy) is 4. The standard InChI is InChI=1S/C27H24ClN3O7/c1-4-37-26-12-17(8-9-23(26)38-16-18-6-5-7-20(11-18)31(33)34)10-19(15-29)27(32)30-22-14-24(35-2)21(28)13-25(22)36-3/h5-14H,4,16H2,1-3H3,(H,30,32)/b19-10+. The van der Waals surface area contributed by atoms with E-state index in [4.69, 9.17) is 30.5 Å². The molecular weight excluding hydrogens is 514 g/mol. The Morgan fingerprint density at radius 3 is 2.47 bits per heavy atom. The van der Waals surface area contributed by atoms with Gasteiger partial charge >= 0.3 is 0 Å². The molecule has 0 aliphatic heterocycles. The first-order valence-electron chi connectivity index (χ1n) is 11.3. The molecule has 11 heteroatoms. The molecule has 10 nitrogen and oxygen atoms in total. The van der Waals surface area contributed by atoms with Crippen LogP contribution in [0, 0.1) is 21.4 Å². The highest BCUT2D eigenvalue weighted by molar-refractivity contribution is 6.32. The summed E-state index contributed by atoms with van der Waals surface area (Å²) in [4.78, 5) is 23.4. The fourth-order valence-corrected chi connectivity index (χ4v) is 3.62. The SMILES string of the molecule is CCOc1cc(/C=C(\C#N)C(=O)Nc2cc(OC)c(Cl)cc2OC)ccc1OCc1cccc([N+](=O)[O-])c1. The highest BCUT2D eigenvalue weighted by Gasteiger charge is 2.16. The Morgan fingerprint density at radius 2 is 1.82 bits per heavy atom. The van der Waals surface area contributed by atoms with Crippen LogP contribution in [-0.4, -0.2) is 31.7 Å². The van der Waals surface area contributed by atoms with Crippen LogP contribution in [0.15, 0.2) is 60.2 Å². The second kappa shape index (κ2) is 13.0. The molecule has 3 aromatic carbocycles. The molecule has 0 saturated heterocycles. The molecule has 0 unspecified atom stereocenters. The number of amides is 1. The van der Waals surface area contributed by atoms with Gasteiger partial charge in [-0.25, -0.2) is 0 Å². The average molecular weight is 538 g/mol. The monoisotopic (exact) mass is 537 g/mol. The normalized spacial score (nSPS) is 10.8. The maximum absolute atomic E-state index is 12.9. The van der Waals surface area contributed by atoms with Gasteiger partial charge in [-0.05, 0) is 36.3 Å². The number of nitrogens with one attached hydrogen (secondary N) is 1. The van der Waals surface area contributed by atoms with Gasteiger partial charge in [0, 0.05) is 24.3 Å². The minimum absolute atomic E-state index is 0.0337. The summed E-state index contributed by atoms with van der Waals surface area (Å²) >= 11 is 6.11. The molecule has 0 aromatic heterocycles. The number of nitriles is 1. The molecule has 196 valence electrons. The number of benzene rings is 3. The molecule has 38 heavy (non-hydrogen) atoms. The first kappa shape index (κ1) is 27.8. The second-order valence-electron chi connectivity index (χ2n) is 7.67. The van der Waals surface area contributed by atoms with Gasteiger partial charge in [0.2, 0.25) is 0 Å². The number of nitro groups is 1. The smallest absolute Gasteiger partial charge is 0.269 e. The molecule has 3 rings (SSSR count). The zero-order chi connectivity index (χ0) is 27.7. The zero-order valence-corrected chi connectivity index (χ0v) is 21.6. The molecule has 1 amide bonds. The number of non-ortho nitro benzene ring substituents is 1. The topological polar surface area (TPSA) is 133 Å². The summed E-state index contributed by atoms with van der Waals surface area (Å²) in [6.07, 6.45) is 1.40. The first-order valence-corrected chi connectivity index (χ1v) is 11.6. The Kier molecular flexibility index (Phi) is 9.51. The van der Waals surface area contributed by atoms with E-state index >= 15 is 0 Å². The Labute approximate surface area is 224 Å². The van der Waals surface area contributed by atoms with Gasteiger partial charge in [0.15, 0.2) is 11.5 Å². The van der Waals surface area contributed by atoms with Crippen molar-refractivity contribution in [3.05, 3.63) is 86.4 Å². The highest BCUT2D eigenvalue weighted by atomic mass is 35.5. The summed E-state index contributed by atoms with van der Waals surface area (Å²) in [5.41, 5.74) is 1.20. The molecular formula is C27H24ClN3O7. The van der Waals surface area contributed by atoms with Crippen molar-refractivity contribution in [1.82, 2.24) is 0 Å². The van der Waals surface area contributed by atoms with Crippen molar-refractivity contribution >= 4 is 35.0 Å². The van der Waals surface area contributed by atoms with Crippen LogP contribution < -0.4 is 24.3 Å². The van der Waals surface area contributed by atoms with E-state index in [0.717, 1.165) is 0 Å². The van der Waals surface area contributed by atoms with Gasteiger partial charge in [0.05, 0.1) is 36.5 Å². The lowest BCUT2D eigenvalue weighted by molar-refractivity contribution is -0.384. The van der Waals surface area contributed by atoms with E-state index in [1.165, 1.54) is 44.6 Å². The van der Waals surface area contributed by atoms with Gasteiger partial charge in [-0.3, -0.25) is 14.9 Å². The minimum atomic E-state index is -0.667. The fourth-order valence-electron chi connectivity index (χ4n) is 3.39. The van der Waals surface area contributed by atoms with Crippen molar-refractivity contribution in [2.45, 2.75) is 13.5 Å². The maximum Gasteiger partial charge on any atom is 0.269 e. The molecule has 0 saturated carbocycles. The van der Waals surface area contributed by atoms with Crippen LogP contribution in [0.2, 0.25) is 5.02 Å².